The van der Waals surface area contributed by atoms with E-state index in [0.29, 0.717) is 19.0 Å². The highest BCUT2D eigenvalue weighted by molar-refractivity contribution is 7.89. The van der Waals surface area contributed by atoms with E-state index in [9.17, 15) is 13.2 Å². The van der Waals surface area contributed by atoms with Crippen LogP contribution in [0.25, 0.3) is 0 Å². The highest BCUT2D eigenvalue weighted by atomic mass is 32.2. The quantitative estimate of drug-likeness (QED) is 0.839. The molecule has 3 rings (SSSR count). The van der Waals surface area contributed by atoms with Gasteiger partial charge in [0.1, 0.15) is 10.7 Å². The Hall–Kier alpha value is -1.67. The van der Waals surface area contributed by atoms with Gasteiger partial charge < -0.3 is 9.80 Å². The van der Waals surface area contributed by atoms with Gasteiger partial charge in [0.2, 0.25) is 15.9 Å². The first kappa shape index (κ1) is 19.1. The second kappa shape index (κ2) is 7.92. The summed E-state index contributed by atoms with van der Waals surface area (Å²) in [5.74, 6) is 1.27. The van der Waals surface area contributed by atoms with E-state index in [1.165, 1.54) is 19.0 Å². The maximum atomic E-state index is 12.5. The first-order chi connectivity index (χ1) is 12.4. The second-order valence-corrected chi connectivity index (χ2v) is 9.14. The third-order valence-electron chi connectivity index (χ3n) is 5.04. The average Bonchev–Trinajstić information content (AvgIpc) is 3.15. The molecule has 144 valence electrons. The molecule has 1 aliphatic heterocycles. The normalized spacial score (nSPS) is 19.3. The summed E-state index contributed by atoms with van der Waals surface area (Å²) in [6.45, 7) is 6.42. The molecule has 1 aromatic heterocycles. The highest BCUT2D eigenvalue weighted by Gasteiger charge is 2.29. The molecule has 26 heavy (non-hydrogen) atoms. The monoisotopic (exact) mass is 380 g/mol. The van der Waals surface area contributed by atoms with Crippen molar-refractivity contribution in [3.8, 4) is 0 Å². The number of sulfonamides is 1. The summed E-state index contributed by atoms with van der Waals surface area (Å²) in [7, 11) is -3.52. The summed E-state index contributed by atoms with van der Waals surface area (Å²) >= 11 is 0. The van der Waals surface area contributed by atoms with E-state index in [0.717, 1.165) is 31.7 Å². The van der Waals surface area contributed by atoms with Crippen molar-refractivity contribution in [3.63, 3.8) is 0 Å². The fourth-order valence-corrected chi connectivity index (χ4v) is 4.88. The van der Waals surface area contributed by atoms with Crippen molar-refractivity contribution in [2.45, 2.75) is 50.5 Å². The zero-order valence-corrected chi connectivity index (χ0v) is 16.3. The highest BCUT2D eigenvalue weighted by Crippen LogP contribution is 2.27. The molecule has 0 bridgehead atoms. The molecule has 0 unspecified atom stereocenters. The van der Waals surface area contributed by atoms with Crippen LogP contribution in [0.2, 0.25) is 0 Å². The van der Waals surface area contributed by atoms with E-state index in [1.807, 2.05) is 4.90 Å². The maximum absolute atomic E-state index is 12.5. The predicted molar refractivity (Wildman–Crippen MR) is 100 cm³/mol. The topological polar surface area (TPSA) is 82.6 Å². The number of hydrogen-bond donors (Lipinski definition) is 1. The van der Waals surface area contributed by atoms with E-state index in [-0.39, 0.29) is 16.9 Å². The van der Waals surface area contributed by atoms with E-state index in [4.69, 9.17) is 0 Å². The first-order valence-corrected chi connectivity index (χ1v) is 10.9. The number of nitrogens with zero attached hydrogens (tertiary/aromatic N) is 3. The minimum absolute atomic E-state index is 0.162. The number of carbonyl (C=O) groups is 1. The van der Waals surface area contributed by atoms with Gasteiger partial charge in [0.05, 0.1) is 0 Å². The van der Waals surface area contributed by atoms with Gasteiger partial charge in [-0.1, -0.05) is 12.8 Å². The Balaban J connectivity index is 1.58. The van der Waals surface area contributed by atoms with Crippen molar-refractivity contribution in [2.75, 3.05) is 31.1 Å². The average molecular weight is 381 g/mol. The molecule has 8 heteroatoms. The summed E-state index contributed by atoms with van der Waals surface area (Å²) in [5.41, 5.74) is 0. The Bertz CT molecular complexity index is 719. The number of carbonyl (C=O) groups excluding carboxylic acids is 1. The van der Waals surface area contributed by atoms with Gasteiger partial charge in [-0.25, -0.2) is 18.1 Å². The van der Waals surface area contributed by atoms with Crippen LogP contribution in [0, 0.1) is 5.92 Å². The van der Waals surface area contributed by atoms with Crippen molar-refractivity contribution in [1.82, 2.24) is 14.6 Å². The van der Waals surface area contributed by atoms with Crippen LogP contribution >= 0.6 is 0 Å². The fourth-order valence-electron chi connectivity index (χ4n) is 3.68. The third-order valence-corrected chi connectivity index (χ3v) is 6.69. The first-order valence-electron chi connectivity index (χ1n) is 9.39. The number of piperazine rings is 1. The van der Waals surface area contributed by atoms with Gasteiger partial charge in [-0.05, 0) is 38.8 Å². The van der Waals surface area contributed by atoms with E-state index in [1.54, 1.807) is 26.0 Å². The summed E-state index contributed by atoms with van der Waals surface area (Å²) in [4.78, 5) is 21.1. The SMILES string of the molecule is CC(C)NS(=O)(=O)c1ccc(N2CCN(C(=O)C3CCCC3)CC2)nc1. The van der Waals surface area contributed by atoms with Gasteiger partial charge in [0.25, 0.3) is 0 Å². The molecule has 1 N–H and O–H groups in total. The molecule has 1 aliphatic carbocycles. The van der Waals surface area contributed by atoms with Gasteiger partial charge in [0.15, 0.2) is 0 Å². The Labute approximate surface area is 155 Å². The Kier molecular flexibility index (Phi) is 5.82. The number of pyridine rings is 1. The van der Waals surface area contributed by atoms with Crippen molar-refractivity contribution in [2.24, 2.45) is 5.92 Å². The largest absolute Gasteiger partial charge is 0.353 e. The number of aromatic nitrogens is 1. The van der Waals surface area contributed by atoms with Gasteiger partial charge in [-0.15, -0.1) is 0 Å². The van der Waals surface area contributed by atoms with E-state index >= 15 is 0 Å². The van der Waals surface area contributed by atoms with Crippen molar-refractivity contribution in [3.05, 3.63) is 18.3 Å². The van der Waals surface area contributed by atoms with Crippen LogP contribution in [-0.2, 0) is 14.8 Å². The molecule has 0 radical (unpaired) electrons. The Morgan fingerprint density at radius 2 is 1.81 bits per heavy atom. The van der Waals surface area contributed by atoms with Gasteiger partial charge in [-0.2, -0.15) is 0 Å². The molecule has 2 aliphatic rings. The summed E-state index contributed by atoms with van der Waals surface area (Å²) in [6, 6.07) is 3.16. The third kappa shape index (κ3) is 4.35. The van der Waals surface area contributed by atoms with Crippen molar-refractivity contribution in [1.29, 1.82) is 0 Å². The minimum atomic E-state index is -3.52. The van der Waals surface area contributed by atoms with E-state index < -0.39 is 10.0 Å². The number of nitrogens with one attached hydrogen (secondary N) is 1. The maximum Gasteiger partial charge on any atom is 0.242 e. The number of anilines is 1. The molecule has 0 spiro atoms. The van der Waals surface area contributed by atoms with Crippen LogP contribution in [0.15, 0.2) is 23.2 Å². The number of amides is 1. The standard InChI is InChI=1S/C18H28N4O3S/c1-14(2)20-26(24,25)16-7-8-17(19-13-16)21-9-11-22(12-10-21)18(23)15-5-3-4-6-15/h7-8,13-15,20H,3-6,9-12H2,1-2H3. The molecule has 0 aromatic carbocycles. The predicted octanol–water partition coefficient (Wildman–Crippen LogP) is 1.61. The number of rotatable bonds is 5. The van der Waals surface area contributed by atoms with Crippen LogP contribution in [0.4, 0.5) is 5.82 Å². The molecular weight excluding hydrogens is 352 g/mol. The van der Waals surface area contributed by atoms with Crippen LogP contribution in [0.5, 0.6) is 0 Å². The zero-order valence-electron chi connectivity index (χ0n) is 15.5. The fraction of sp³-hybridized carbons (Fsp3) is 0.667. The molecule has 0 atom stereocenters. The molecule has 1 amide bonds. The lowest BCUT2D eigenvalue weighted by molar-refractivity contribution is -0.135. The molecule has 1 saturated heterocycles. The van der Waals surface area contributed by atoms with Crippen LogP contribution in [0.1, 0.15) is 39.5 Å². The lowest BCUT2D eigenvalue weighted by atomic mass is 10.1. The van der Waals surface area contributed by atoms with Crippen molar-refractivity contribution < 1.29 is 13.2 Å². The van der Waals surface area contributed by atoms with Gasteiger partial charge in [0, 0.05) is 44.3 Å². The molecule has 2 fully saturated rings. The Morgan fingerprint density at radius 1 is 1.15 bits per heavy atom. The number of hydrogen-bond acceptors (Lipinski definition) is 5. The van der Waals surface area contributed by atoms with E-state index in [2.05, 4.69) is 14.6 Å². The second-order valence-electron chi connectivity index (χ2n) is 7.42. The molecule has 1 aromatic rings. The zero-order chi connectivity index (χ0) is 18.7. The molecule has 7 nitrogen and oxygen atoms in total. The van der Waals surface area contributed by atoms with Crippen LogP contribution in [0.3, 0.4) is 0 Å². The Morgan fingerprint density at radius 3 is 2.35 bits per heavy atom. The van der Waals surface area contributed by atoms with Crippen LogP contribution < -0.4 is 9.62 Å². The lowest BCUT2D eigenvalue weighted by Crippen LogP contribution is -2.50. The smallest absolute Gasteiger partial charge is 0.242 e. The summed E-state index contributed by atoms with van der Waals surface area (Å²) in [6.07, 6.45) is 5.79. The molecule has 1 saturated carbocycles. The van der Waals surface area contributed by atoms with Crippen molar-refractivity contribution >= 4 is 21.7 Å². The summed E-state index contributed by atoms with van der Waals surface area (Å²) < 4.78 is 26.9. The van der Waals surface area contributed by atoms with Gasteiger partial charge in [-0.3, -0.25) is 4.79 Å². The molecular formula is C18H28N4O3S. The van der Waals surface area contributed by atoms with Gasteiger partial charge >= 0.3 is 0 Å². The molecule has 2 heterocycles. The minimum Gasteiger partial charge on any atom is -0.353 e. The van der Waals surface area contributed by atoms with Crippen LogP contribution in [-0.4, -0.2) is 56.4 Å². The lowest BCUT2D eigenvalue weighted by Gasteiger charge is -2.36. The summed E-state index contributed by atoms with van der Waals surface area (Å²) in [5, 5.41) is 0.